The van der Waals surface area contributed by atoms with Crippen LogP contribution >= 0.6 is 11.8 Å². The number of aromatic amines is 1. The third-order valence-corrected chi connectivity index (χ3v) is 2.85. The molecule has 3 N–H and O–H groups in total. The molecule has 0 aliphatic heterocycles. The first-order chi connectivity index (χ1) is 7.72. The van der Waals surface area contributed by atoms with Gasteiger partial charge >= 0.3 is 0 Å². The van der Waals surface area contributed by atoms with Gasteiger partial charge in [0, 0.05) is 10.5 Å². The number of hydrogen-bond donors (Lipinski definition) is 2. The average molecular weight is 234 g/mol. The minimum atomic E-state index is -0.585. The Balaban J connectivity index is 2.50. The molecule has 1 aromatic heterocycles. The maximum absolute atomic E-state index is 11.1. The minimum Gasteiger partial charge on any atom is -0.364 e. The van der Waals surface area contributed by atoms with E-state index in [1.807, 2.05) is 30.5 Å². The standard InChI is InChI=1S/C10H10N4OS/c1-16-7-4-2-3-6(5-7)8-9(10(11)15)13-14-12-8/h2-5H,1H3,(H2,11,15)(H,12,13,14). The molecule has 0 radical (unpaired) electrons. The van der Waals surface area contributed by atoms with Gasteiger partial charge in [-0.15, -0.1) is 11.8 Å². The fraction of sp³-hybridized carbons (Fsp3) is 0.100. The number of primary amides is 1. The molecule has 0 saturated carbocycles. The van der Waals surface area contributed by atoms with Gasteiger partial charge in [-0.3, -0.25) is 4.79 Å². The number of thioether (sulfide) groups is 1. The number of hydrogen-bond acceptors (Lipinski definition) is 4. The molecule has 0 saturated heterocycles. The van der Waals surface area contributed by atoms with Gasteiger partial charge in [-0.25, -0.2) is 0 Å². The van der Waals surface area contributed by atoms with Crippen LogP contribution < -0.4 is 5.73 Å². The van der Waals surface area contributed by atoms with Crippen molar-refractivity contribution in [2.24, 2.45) is 5.73 Å². The Morgan fingerprint density at radius 2 is 2.25 bits per heavy atom. The first-order valence-electron chi connectivity index (χ1n) is 4.57. The molecular weight excluding hydrogens is 224 g/mol. The van der Waals surface area contributed by atoms with Crippen LogP contribution in [0.3, 0.4) is 0 Å². The molecule has 6 heteroatoms. The lowest BCUT2D eigenvalue weighted by Crippen LogP contribution is -2.12. The lowest BCUT2D eigenvalue weighted by molar-refractivity contribution is 0.0996. The normalized spacial score (nSPS) is 10.3. The maximum Gasteiger partial charge on any atom is 0.271 e. The number of H-pyrrole nitrogens is 1. The monoisotopic (exact) mass is 234 g/mol. The van der Waals surface area contributed by atoms with Crippen molar-refractivity contribution in [2.75, 3.05) is 6.26 Å². The van der Waals surface area contributed by atoms with E-state index in [2.05, 4.69) is 15.4 Å². The number of aromatic nitrogens is 3. The molecule has 82 valence electrons. The van der Waals surface area contributed by atoms with Crippen LogP contribution in [0.2, 0.25) is 0 Å². The summed E-state index contributed by atoms with van der Waals surface area (Å²) in [7, 11) is 0. The highest BCUT2D eigenvalue weighted by atomic mass is 32.2. The van der Waals surface area contributed by atoms with E-state index in [4.69, 9.17) is 5.73 Å². The molecule has 0 bridgehead atoms. The van der Waals surface area contributed by atoms with Gasteiger partial charge in [-0.1, -0.05) is 12.1 Å². The molecule has 1 aromatic carbocycles. The first kappa shape index (κ1) is 10.7. The fourth-order valence-corrected chi connectivity index (χ4v) is 1.83. The summed E-state index contributed by atoms with van der Waals surface area (Å²) >= 11 is 1.62. The van der Waals surface area contributed by atoms with Crippen LogP contribution in [-0.2, 0) is 0 Å². The molecule has 0 unspecified atom stereocenters. The predicted molar refractivity (Wildman–Crippen MR) is 62.1 cm³/mol. The molecule has 1 amide bonds. The zero-order valence-corrected chi connectivity index (χ0v) is 9.41. The quantitative estimate of drug-likeness (QED) is 0.784. The molecule has 0 aliphatic rings. The molecule has 0 aliphatic carbocycles. The molecular formula is C10H10N4OS. The van der Waals surface area contributed by atoms with Gasteiger partial charge in [0.25, 0.3) is 5.91 Å². The van der Waals surface area contributed by atoms with E-state index in [0.29, 0.717) is 5.69 Å². The van der Waals surface area contributed by atoms with Gasteiger partial charge in [-0.05, 0) is 18.4 Å². The number of rotatable bonds is 3. The Labute approximate surface area is 96.4 Å². The first-order valence-corrected chi connectivity index (χ1v) is 5.80. The van der Waals surface area contributed by atoms with Gasteiger partial charge in [0.05, 0.1) is 0 Å². The van der Waals surface area contributed by atoms with E-state index in [-0.39, 0.29) is 5.69 Å². The zero-order valence-electron chi connectivity index (χ0n) is 8.60. The van der Waals surface area contributed by atoms with Crippen LogP contribution in [0, 0.1) is 0 Å². The summed E-state index contributed by atoms with van der Waals surface area (Å²) in [4.78, 5) is 12.2. The Morgan fingerprint density at radius 1 is 1.44 bits per heavy atom. The Bertz CT molecular complexity index is 523. The van der Waals surface area contributed by atoms with Crippen molar-refractivity contribution in [3.8, 4) is 11.3 Å². The number of nitrogens with two attached hydrogens (primary N) is 1. The minimum absolute atomic E-state index is 0.165. The van der Waals surface area contributed by atoms with Crippen molar-refractivity contribution in [1.82, 2.24) is 15.4 Å². The van der Waals surface area contributed by atoms with Crippen molar-refractivity contribution < 1.29 is 4.79 Å². The SMILES string of the molecule is CSc1cccc(-c2n[nH]nc2C(N)=O)c1. The summed E-state index contributed by atoms with van der Waals surface area (Å²) in [5, 5.41) is 10.1. The van der Waals surface area contributed by atoms with E-state index in [1.165, 1.54) is 0 Å². The van der Waals surface area contributed by atoms with Crippen molar-refractivity contribution >= 4 is 17.7 Å². The number of carbonyl (C=O) groups excluding carboxylic acids is 1. The molecule has 1 heterocycles. The molecule has 5 nitrogen and oxygen atoms in total. The predicted octanol–water partition coefficient (Wildman–Crippen LogP) is 1.29. The smallest absolute Gasteiger partial charge is 0.271 e. The Kier molecular flexibility index (Phi) is 2.91. The molecule has 0 fully saturated rings. The number of amides is 1. The highest BCUT2D eigenvalue weighted by molar-refractivity contribution is 7.98. The Hall–Kier alpha value is -1.82. The second-order valence-corrected chi connectivity index (χ2v) is 4.00. The van der Waals surface area contributed by atoms with Gasteiger partial charge < -0.3 is 5.73 Å². The maximum atomic E-state index is 11.1. The summed E-state index contributed by atoms with van der Waals surface area (Å²) in [6.07, 6.45) is 1.98. The number of nitrogens with zero attached hydrogens (tertiary/aromatic N) is 2. The highest BCUT2D eigenvalue weighted by Crippen LogP contribution is 2.24. The summed E-state index contributed by atoms with van der Waals surface area (Å²) in [6, 6.07) is 7.69. The van der Waals surface area contributed by atoms with Crippen molar-refractivity contribution in [3.05, 3.63) is 30.0 Å². The second kappa shape index (κ2) is 4.36. The highest BCUT2D eigenvalue weighted by Gasteiger charge is 2.14. The largest absolute Gasteiger partial charge is 0.364 e. The van der Waals surface area contributed by atoms with Crippen LogP contribution in [0.25, 0.3) is 11.3 Å². The molecule has 2 aromatic rings. The van der Waals surface area contributed by atoms with Crippen molar-refractivity contribution in [2.45, 2.75) is 4.90 Å². The third-order valence-electron chi connectivity index (χ3n) is 2.12. The number of carbonyl (C=O) groups is 1. The number of benzene rings is 1. The molecule has 0 spiro atoms. The summed E-state index contributed by atoms with van der Waals surface area (Å²) in [6.45, 7) is 0. The van der Waals surface area contributed by atoms with Crippen LogP contribution in [0.5, 0.6) is 0 Å². The van der Waals surface area contributed by atoms with E-state index in [1.54, 1.807) is 11.8 Å². The zero-order chi connectivity index (χ0) is 11.5. The van der Waals surface area contributed by atoms with Crippen molar-refractivity contribution in [1.29, 1.82) is 0 Å². The molecule has 0 atom stereocenters. The summed E-state index contributed by atoms with van der Waals surface area (Å²) < 4.78 is 0. The second-order valence-electron chi connectivity index (χ2n) is 3.12. The third kappa shape index (κ3) is 1.92. The van der Waals surface area contributed by atoms with Crippen LogP contribution in [0.1, 0.15) is 10.5 Å². The van der Waals surface area contributed by atoms with E-state index < -0.39 is 5.91 Å². The van der Waals surface area contributed by atoms with E-state index in [9.17, 15) is 4.79 Å². The van der Waals surface area contributed by atoms with E-state index >= 15 is 0 Å². The fourth-order valence-electron chi connectivity index (χ4n) is 1.37. The van der Waals surface area contributed by atoms with Crippen LogP contribution in [0.4, 0.5) is 0 Å². The van der Waals surface area contributed by atoms with Gasteiger partial charge in [0.2, 0.25) is 0 Å². The number of nitrogens with one attached hydrogen (secondary N) is 1. The lowest BCUT2D eigenvalue weighted by atomic mass is 10.1. The topological polar surface area (TPSA) is 84.7 Å². The molecule has 2 rings (SSSR count). The van der Waals surface area contributed by atoms with Gasteiger partial charge in [0.1, 0.15) is 5.69 Å². The van der Waals surface area contributed by atoms with Crippen LogP contribution in [-0.4, -0.2) is 27.6 Å². The Morgan fingerprint density at radius 3 is 2.94 bits per heavy atom. The molecule has 16 heavy (non-hydrogen) atoms. The van der Waals surface area contributed by atoms with Crippen molar-refractivity contribution in [3.63, 3.8) is 0 Å². The average Bonchev–Trinajstić information content (AvgIpc) is 2.78. The lowest BCUT2D eigenvalue weighted by Gasteiger charge is -2.00. The summed E-state index contributed by atoms with van der Waals surface area (Å²) in [5.41, 5.74) is 6.68. The van der Waals surface area contributed by atoms with E-state index in [0.717, 1.165) is 10.5 Å². The van der Waals surface area contributed by atoms with Gasteiger partial charge in [-0.2, -0.15) is 15.4 Å². The van der Waals surface area contributed by atoms with Crippen LogP contribution in [0.15, 0.2) is 29.2 Å². The van der Waals surface area contributed by atoms with Gasteiger partial charge in [0.15, 0.2) is 5.69 Å². The summed E-state index contributed by atoms with van der Waals surface area (Å²) in [5.74, 6) is -0.585.